The van der Waals surface area contributed by atoms with Gasteiger partial charge in [-0.1, -0.05) is 6.92 Å². The zero-order valence-electron chi connectivity index (χ0n) is 14.5. The van der Waals surface area contributed by atoms with Gasteiger partial charge in [0.1, 0.15) is 0 Å². The molecule has 0 radical (unpaired) electrons. The first kappa shape index (κ1) is 19.2. The minimum Gasteiger partial charge on any atom is -0.370 e. The van der Waals surface area contributed by atoms with Crippen molar-refractivity contribution >= 4 is 27.4 Å². The Labute approximate surface area is 148 Å². The summed E-state index contributed by atoms with van der Waals surface area (Å²) in [5.41, 5.74) is 18.0. The quantitative estimate of drug-likeness (QED) is 0.501. The predicted octanol–water partition coefficient (Wildman–Crippen LogP) is -0.00640. The molecular formula is C16H25N5O3S. The number of aliphatic imine (C=N–C) groups is 1. The van der Waals surface area contributed by atoms with Gasteiger partial charge in [0.15, 0.2) is 15.8 Å². The van der Waals surface area contributed by atoms with Crippen LogP contribution in [0.4, 0.5) is 5.69 Å². The van der Waals surface area contributed by atoms with E-state index in [4.69, 9.17) is 17.2 Å². The average molecular weight is 367 g/mol. The van der Waals surface area contributed by atoms with Gasteiger partial charge in [-0.15, -0.1) is 0 Å². The van der Waals surface area contributed by atoms with Crippen molar-refractivity contribution in [1.82, 2.24) is 0 Å². The van der Waals surface area contributed by atoms with E-state index in [0.717, 1.165) is 19.1 Å². The molecule has 0 atom stereocenters. The summed E-state index contributed by atoms with van der Waals surface area (Å²) < 4.78 is 24.6. The first-order chi connectivity index (χ1) is 11.6. The second-order valence-electron chi connectivity index (χ2n) is 6.27. The molecule has 9 heteroatoms. The molecule has 1 aliphatic heterocycles. The maximum absolute atomic E-state index is 12.3. The third kappa shape index (κ3) is 4.49. The number of amides is 1. The van der Waals surface area contributed by atoms with Crippen molar-refractivity contribution in [3.05, 3.63) is 23.3 Å². The van der Waals surface area contributed by atoms with Gasteiger partial charge in [-0.25, -0.2) is 8.42 Å². The molecule has 1 aromatic rings. The maximum atomic E-state index is 12.3. The summed E-state index contributed by atoms with van der Waals surface area (Å²) in [7, 11) is -3.54. The van der Waals surface area contributed by atoms with Crippen LogP contribution in [0.3, 0.4) is 0 Å². The van der Waals surface area contributed by atoms with Gasteiger partial charge >= 0.3 is 0 Å². The molecule has 8 nitrogen and oxygen atoms in total. The van der Waals surface area contributed by atoms with Crippen LogP contribution in [-0.4, -0.2) is 45.7 Å². The smallest absolute Gasteiger partial charge is 0.280 e. The van der Waals surface area contributed by atoms with Crippen LogP contribution < -0.4 is 22.1 Å². The summed E-state index contributed by atoms with van der Waals surface area (Å²) in [5.74, 6) is -1.00. The number of hydrogen-bond acceptors (Lipinski definition) is 5. The maximum Gasteiger partial charge on any atom is 0.280 e. The Hall–Kier alpha value is -2.13. The molecule has 6 N–H and O–H groups in total. The summed E-state index contributed by atoms with van der Waals surface area (Å²) in [5, 5.41) is 0. The van der Waals surface area contributed by atoms with Gasteiger partial charge in [-0.3, -0.25) is 4.79 Å². The molecule has 1 heterocycles. The number of rotatable bonds is 4. The Balaban J connectivity index is 2.60. The van der Waals surface area contributed by atoms with Gasteiger partial charge in [-0.2, -0.15) is 4.99 Å². The third-order valence-electron chi connectivity index (χ3n) is 4.31. The topological polar surface area (TPSA) is 145 Å². The minimum absolute atomic E-state index is 0.106. The molecule has 1 aliphatic rings. The van der Waals surface area contributed by atoms with Crippen LogP contribution in [0.15, 0.2) is 22.0 Å². The largest absolute Gasteiger partial charge is 0.370 e. The van der Waals surface area contributed by atoms with E-state index in [9.17, 15) is 13.2 Å². The van der Waals surface area contributed by atoms with Crippen molar-refractivity contribution in [2.45, 2.75) is 37.1 Å². The first-order valence-electron chi connectivity index (χ1n) is 8.15. The predicted molar refractivity (Wildman–Crippen MR) is 98.5 cm³/mol. The summed E-state index contributed by atoms with van der Waals surface area (Å²) >= 11 is 0. The monoisotopic (exact) mass is 367 g/mol. The van der Waals surface area contributed by atoms with Crippen LogP contribution >= 0.6 is 0 Å². The van der Waals surface area contributed by atoms with Crippen molar-refractivity contribution in [1.29, 1.82) is 0 Å². The summed E-state index contributed by atoms with van der Waals surface area (Å²) in [6.07, 6.45) is 3.26. The average Bonchev–Trinajstić information content (AvgIpc) is 2.52. The number of hydrogen-bond donors (Lipinski definition) is 3. The normalized spacial score (nSPS) is 15.9. The number of guanidine groups is 1. The van der Waals surface area contributed by atoms with Crippen molar-refractivity contribution in [3.63, 3.8) is 0 Å². The van der Waals surface area contributed by atoms with E-state index in [2.05, 4.69) is 4.99 Å². The van der Waals surface area contributed by atoms with E-state index in [-0.39, 0.29) is 22.5 Å². The fourth-order valence-corrected chi connectivity index (χ4v) is 3.87. The molecule has 1 amide bonds. The number of aryl methyl sites for hydroxylation is 1. The van der Waals surface area contributed by atoms with E-state index >= 15 is 0 Å². The highest BCUT2D eigenvalue weighted by molar-refractivity contribution is 7.90. The lowest BCUT2D eigenvalue weighted by Crippen LogP contribution is -2.40. The van der Waals surface area contributed by atoms with Crippen LogP contribution in [-0.2, 0) is 16.3 Å². The van der Waals surface area contributed by atoms with Crippen molar-refractivity contribution in [3.8, 4) is 0 Å². The van der Waals surface area contributed by atoms with Gasteiger partial charge in [-0.05, 0) is 37.0 Å². The Kier molecular flexibility index (Phi) is 5.69. The number of carbonyl (C=O) groups is 1. The van der Waals surface area contributed by atoms with Crippen LogP contribution in [0.2, 0.25) is 0 Å². The number of carbonyl (C=O) groups excluding carboxylic acids is 1. The van der Waals surface area contributed by atoms with E-state index in [1.54, 1.807) is 6.07 Å². The number of sulfone groups is 1. The van der Waals surface area contributed by atoms with Gasteiger partial charge < -0.3 is 22.1 Å². The molecule has 25 heavy (non-hydrogen) atoms. The fourth-order valence-electron chi connectivity index (χ4n) is 2.97. The molecule has 0 spiro atoms. The number of piperidine rings is 1. The molecule has 1 saturated heterocycles. The lowest BCUT2D eigenvalue weighted by atomic mass is 10.0. The van der Waals surface area contributed by atoms with Crippen molar-refractivity contribution < 1.29 is 13.2 Å². The molecule has 0 bridgehead atoms. The van der Waals surface area contributed by atoms with E-state index in [1.807, 2.05) is 11.8 Å². The molecule has 2 rings (SSSR count). The van der Waals surface area contributed by atoms with Crippen LogP contribution in [0.1, 0.15) is 35.7 Å². The van der Waals surface area contributed by atoms with E-state index < -0.39 is 15.7 Å². The fraction of sp³-hybridized carbons (Fsp3) is 0.500. The second-order valence-corrected chi connectivity index (χ2v) is 8.25. The van der Waals surface area contributed by atoms with E-state index in [0.29, 0.717) is 30.8 Å². The van der Waals surface area contributed by atoms with Gasteiger partial charge in [0.2, 0.25) is 0 Å². The summed E-state index contributed by atoms with van der Waals surface area (Å²) in [6, 6.07) is 3.27. The van der Waals surface area contributed by atoms with Crippen LogP contribution in [0.5, 0.6) is 0 Å². The van der Waals surface area contributed by atoms with Gasteiger partial charge in [0.05, 0.1) is 10.6 Å². The zero-order chi connectivity index (χ0) is 18.8. The number of anilines is 1. The second kappa shape index (κ2) is 7.40. The Morgan fingerprint density at radius 3 is 2.36 bits per heavy atom. The highest BCUT2D eigenvalue weighted by atomic mass is 32.2. The Bertz CT molecular complexity index is 792. The van der Waals surface area contributed by atoms with Crippen LogP contribution in [0, 0.1) is 0 Å². The van der Waals surface area contributed by atoms with E-state index in [1.165, 1.54) is 6.07 Å². The number of nitrogens with zero attached hydrogens (tertiary/aromatic N) is 2. The summed E-state index contributed by atoms with van der Waals surface area (Å²) in [4.78, 5) is 17.9. The van der Waals surface area contributed by atoms with Gasteiger partial charge in [0.25, 0.3) is 5.91 Å². The standard InChI is InChI=1S/C16H25N5O3S/c1-3-10-8-13(21-6-4-11(17)5-7-21)14(25(2,23)24)9-12(10)15(22)20-16(18)19/h8-9,11H,3-7,17H2,1-2H3,(H4,18,19,20,22). The molecule has 0 unspecified atom stereocenters. The molecule has 0 saturated carbocycles. The highest BCUT2D eigenvalue weighted by Gasteiger charge is 2.25. The van der Waals surface area contributed by atoms with Crippen molar-refractivity contribution in [2.24, 2.45) is 22.2 Å². The number of benzene rings is 1. The SMILES string of the molecule is CCc1cc(N2CCC(N)CC2)c(S(C)(=O)=O)cc1C(=O)N=C(N)N. The molecule has 0 aliphatic carbocycles. The molecule has 138 valence electrons. The highest BCUT2D eigenvalue weighted by Crippen LogP contribution is 2.31. The molecule has 0 aromatic heterocycles. The summed E-state index contributed by atoms with van der Waals surface area (Å²) in [6.45, 7) is 3.24. The Morgan fingerprint density at radius 1 is 1.28 bits per heavy atom. The third-order valence-corrected chi connectivity index (χ3v) is 5.43. The molecule has 1 aromatic carbocycles. The number of nitrogens with two attached hydrogens (primary N) is 3. The zero-order valence-corrected chi connectivity index (χ0v) is 15.3. The Morgan fingerprint density at radius 2 is 1.88 bits per heavy atom. The lowest BCUT2D eigenvalue weighted by Gasteiger charge is -2.33. The van der Waals surface area contributed by atoms with Crippen LogP contribution in [0.25, 0.3) is 0 Å². The lowest BCUT2D eigenvalue weighted by molar-refractivity contribution is 0.100. The molecular weight excluding hydrogens is 342 g/mol. The van der Waals surface area contributed by atoms with Gasteiger partial charge in [0, 0.05) is 31.0 Å². The first-order valence-corrected chi connectivity index (χ1v) is 10.0. The minimum atomic E-state index is -3.54. The van der Waals surface area contributed by atoms with Crippen molar-refractivity contribution in [2.75, 3.05) is 24.2 Å². The molecule has 1 fully saturated rings.